The van der Waals surface area contributed by atoms with Crippen molar-refractivity contribution in [2.75, 3.05) is 33.2 Å². The molecule has 1 saturated heterocycles. The van der Waals surface area contributed by atoms with Crippen LogP contribution in [0.25, 0.3) is 0 Å². The molecule has 0 saturated carbocycles. The summed E-state index contributed by atoms with van der Waals surface area (Å²) in [6.45, 7) is 2.21. The van der Waals surface area contributed by atoms with Crippen molar-refractivity contribution < 1.29 is 31.1 Å². The van der Waals surface area contributed by atoms with E-state index < -0.39 is 29.0 Å². The molecule has 0 unspecified atom stereocenters. The predicted octanol–water partition coefficient (Wildman–Crippen LogP) is 4.43. The Morgan fingerprint density at radius 2 is 1.59 bits per heavy atom. The number of hydrogen-bond donors (Lipinski definition) is 1. The Morgan fingerprint density at radius 1 is 1.00 bits per heavy atom. The molecule has 0 aromatic heterocycles. The number of carbonyl (C=O) groups is 1. The van der Waals surface area contributed by atoms with Crippen molar-refractivity contribution >= 4 is 5.91 Å². The van der Waals surface area contributed by atoms with Gasteiger partial charge >= 0.3 is 12.4 Å². The number of halogens is 6. The average molecular weight is 485 g/mol. The molecule has 2 aromatic carbocycles. The number of benzene rings is 2. The van der Waals surface area contributed by atoms with Gasteiger partial charge in [0.1, 0.15) is 5.54 Å². The minimum Gasteiger partial charge on any atom is -0.340 e. The molecule has 0 radical (unpaired) electrons. The number of hydrogen-bond acceptors (Lipinski definition) is 3. The predicted molar refractivity (Wildman–Crippen MR) is 114 cm³/mol. The summed E-state index contributed by atoms with van der Waals surface area (Å²) in [4.78, 5) is 17.3. The van der Waals surface area contributed by atoms with E-state index in [9.17, 15) is 31.1 Å². The molecule has 1 atom stereocenters. The standard InChI is InChI=1S/C24H25F6N3O/c1-32(15-16-12-18(23(25,26)27)14-19(13-16)24(28,29)30)21(34)22(33-10-8-31-9-11-33)7-6-17-4-2-3-5-20(17)22/h2-5,12-14,31H,6-11,15H2,1H3/t22-/m0/s1. The van der Waals surface area contributed by atoms with E-state index in [2.05, 4.69) is 10.2 Å². The summed E-state index contributed by atoms with van der Waals surface area (Å²) in [7, 11) is 1.43. The lowest BCUT2D eigenvalue weighted by molar-refractivity contribution is -0.145. The van der Waals surface area contributed by atoms with Crippen LogP contribution < -0.4 is 5.32 Å². The first-order valence-electron chi connectivity index (χ1n) is 11.0. The highest BCUT2D eigenvalue weighted by Gasteiger charge is 2.51. The van der Waals surface area contributed by atoms with Gasteiger partial charge in [-0.15, -0.1) is 0 Å². The second kappa shape index (κ2) is 8.88. The van der Waals surface area contributed by atoms with Gasteiger partial charge in [-0.2, -0.15) is 26.3 Å². The van der Waals surface area contributed by atoms with Crippen LogP contribution >= 0.6 is 0 Å². The normalized spacial score (nSPS) is 21.4. The third kappa shape index (κ3) is 4.53. The van der Waals surface area contributed by atoms with Crippen molar-refractivity contribution in [3.63, 3.8) is 0 Å². The van der Waals surface area contributed by atoms with Gasteiger partial charge in [0, 0.05) is 39.8 Å². The number of nitrogens with zero attached hydrogens (tertiary/aromatic N) is 2. The highest BCUT2D eigenvalue weighted by atomic mass is 19.4. The molecule has 1 heterocycles. The first-order chi connectivity index (χ1) is 15.9. The lowest BCUT2D eigenvalue weighted by atomic mass is 9.87. The molecule has 10 heteroatoms. The number of fused-ring (bicyclic) bond motifs is 1. The van der Waals surface area contributed by atoms with Crippen molar-refractivity contribution in [1.82, 2.24) is 15.1 Å². The summed E-state index contributed by atoms with van der Waals surface area (Å²) in [6.07, 6.45) is -8.70. The molecule has 1 amide bonds. The molecule has 34 heavy (non-hydrogen) atoms. The van der Waals surface area contributed by atoms with E-state index >= 15 is 0 Å². The summed E-state index contributed by atoms with van der Waals surface area (Å²) in [5, 5.41) is 3.25. The summed E-state index contributed by atoms with van der Waals surface area (Å²) in [5.41, 5.74) is -2.11. The fourth-order valence-corrected chi connectivity index (χ4v) is 5.10. The van der Waals surface area contributed by atoms with Crippen LogP contribution in [0.4, 0.5) is 26.3 Å². The summed E-state index contributed by atoms with van der Waals surface area (Å²) in [6, 6.07) is 9.04. The van der Waals surface area contributed by atoms with Crippen LogP contribution in [0.5, 0.6) is 0 Å². The maximum Gasteiger partial charge on any atom is 0.416 e. The Labute approximate surface area is 193 Å². The molecule has 4 rings (SSSR count). The van der Waals surface area contributed by atoms with Crippen LogP contribution in [0, 0.1) is 0 Å². The largest absolute Gasteiger partial charge is 0.416 e. The number of aryl methyl sites for hydroxylation is 1. The number of nitrogens with one attached hydrogen (secondary N) is 1. The van der Waals surface area contributed by atoms with Crippen molar-refractivity contribution in [2.45, 2.75) is 37.3 Å². The SMILES string of the molecule is CN(Cc1cc(C(F)(F)F)cc(C(F)(F)F)c1)C(=O)[C@]1(N2CCNCC2)CCc2ccccc21. The van der Waals surface area contributed by atoms with Crippen LogP contribution in [-0.2, 0) is 35.7 Å². The van der Waals surface area contributed by atoms with E-state index in [0.717, 1.165) is 11.1 Å². The van der Waals surface area contributed by atoms with Crippen molar-refractivity contribution in [3.8, 4) is 0 Å². The molecule has 1 N–H and O–H groups in total. The molecule has 184 valence electrons. The van der Waals surface area contributed by atoms with Gasteiger partial charge in [0.05, 0.1) is 11.1 Å². The zero-order valence-electron chi connectivity index (χ0n) is 18.6. The van der Waals surface area contributed by atoms with E-state index in [4.69, 9.17) is 0 Å². The third-order valence-corrected chi connectivity index (χ3v) is 6.64. The molecule has 1 aliphatic heterocycles. The van der Waals surface area contributed by atoms with Gasteiger partial charge in [0.25, 0.3) is 0 Å². The van der Waals surface area contributed by atoms with E-state index in [1.54, 1.807) is 0 Å². The first-order valence-corrected chi connectivity index (χ1v) is 11.0. The lowest BCUT2D eigenvalue weighted by Crippen LogP contribution is -2.60. The number of amides is 1. The number of piperazine rings is 1. The molecule has 1 aliphatic carbocycles. The van der Waals surface area contributed by atoms with Crippen LogP contribution in [0.1, 0.15) is 34.2 Å². The van der Waals surface area contributed by atoms with Gasteiger partial charge in [-0.25, -0.2) is 0 Å². The number of alkyl halides is 6. The Kier molecular flexibility index (Phi) is 6.41. The first kappa shape index (κ1) is 24.5. The minimum absolute atomic E-state index is 0.0980. The van der Waals surface area contributed by atoms with E-state index in [0.29, 0.717) is 51.2 Å². The van der Waals surface area contributed by atoms with Crippen LogP contribution in [0.3, 0.4) is 0 Å². The quantitative estimate of drug-likeness (QED) is 0.651. The molecule has 0 bridgehead atoms. The zero-order chi connectivity index (χ0) is 24.7. The molecule has 4 nitrogen and oxygen atoms in total. The number of likely N-dealkylation sites (N-methyl/N-ethyl adjacent to an activating group) is 1. The molecule has 1 fully saturated rings. The second-order valence-corrected chi connectivity index (χ2v) is 8.83. The highest BCUT2D eigenvalue weighted by Crippen LogP contribution is 2.44. The van der Waals surface area contributed by atoms with Gasteiger partial charge < -0.3 is 10.2 Å². The van der Waals surface area contributed by atoms with Crippen LogP contribution in [0.2, 0.25) is 0 Å². The number of carbonyl (C=O) groups excluding carboxylic acids is 1. The fourth-order valence-electron chi connectivity index (χ4n) is 5.10. The molecular formula is C24H25F6N3O. The van der Waals surface area contributed by atoms with E-state index in [1.807, 2.05) is 24.3 Å². The minimum atomic E-state index is -4.94. The van der Waals surface area contributed by atoms with Crippen molar-refractivity contribution in [1.29, 1.82) is 0 Å². The topological polar surface area (TPSA) is 35.6 Å². The maximum absolute atomic E-state index is 13.9. The van der Waals surface area contributed by atoms with Gasteiger partial charge in [-0.1, -0.05) is 24.3 Å². The molecule has 2 aromatic rings. The average Bonchev–Trinajstić information content (AvgIpc) is 3.18. The fraction of sp³-hybridized carbons (Fsp3) is 0.458. The molecular weight excluding hydrogens is 460 g/mol. The molecule has 0 spiro atoms. The van der Waals surface area contributed by atoms with Gasteiger partial charge in [-0.3, -0.25) is 9.69 Å². The second-order valence-electron chi connectivity index (χ2n) is 8.83. The van der Waals surface area contributed by atoms with E-state index in [1.165, 1.54) is 11.9 Å². The smallest absolute Gasteiger partial charge is 0.340 e. The Hall–Kier alpha value is -2.59. The Balaban J connectivity index is 1.70. The van der Waals surface area contributed by atoms with Crippen molar-refractivity contribution in [2.24, 2.45) is 0 Å². The summed E-state index contributed by atoms with van der Waals surface area (Å²) >= 11 is 0. The Morgan fingerprint density at radius 3 is 2.18 bits per heavy atom. The van der Waals surface area contributed by atoms with Crippen LogP contribution in [0.15, 0.2) is 42.5 Å². The monoisotopic (exact) mass is 485 g/mol. The van der Waals surface area contributed by atoms with Crippen molar-refractivity contribution in [3.05, 3.63) is 70.3 Å². The van der Waals surface area contributed by atoms with Gasteiger partial charge in [0.2, 0.25) is 5.91 Å². The third-order valence-electron chi connectivity index (χ3n) is 6.64. The van der Waals surface area contributed by atoms with Gasteiger partial charge in [0.15, 0.2) is 0 Å². The lowest BCUT2D eigenvalue weighted by Gasteiger charge is -2.44. The zero-order valence-corrected chi connectivity index (χ0v) is 18.6. The number of rotatable bonds is 4. The molecule has 2 aliphatic rings. The summed E-state index contributed by atoms with van der Waals surface area (Å²) < 4.78 is 79.7. The summed E-state index contributed by atoms with van der Waals surface area (Å²) in [5.74, 6) is -0.328. The highest BCUT2D eigenvalue weighted by molar-refractivity contribution is 5.89. The van der Waals surface area contributed by atoms with E-state index in [-0.39, 0.29) is 24.1 Å². The maximum atomic E-state index is 13.9. The Bertz CT molecular complexity index is 1030. The van der Waals surface area contributed by atoms with Crippen LogP contribution in [-0.4, -0.2) is 48.9 Å². The van der Waals surface area contributed by atoms with Gasteiger partial charge in [-0.05, 0) is 47.7 Å².